The fourth-order valence-corrected chi connectivity index (χ4v) is 1.77. The summed E-state index contributed by atoms with van der Waals surface area (Å²) < 4.78 is 12.9. The number of carbonyl (C=O) groups is 1. The summed E-state index contributed by atoms with van der Waals surface area (Å²) in [4.78, 5) is 15.4. The minimum atomic E-state index is -0.661. The summed E-state index contributed by atoms with van der Waals surface area (Å²) in [5.74, 6) is -1.08. The predicted octanol–water partition coefficient (Wildman–Crippen LogP) is 3.43. The van der Waals surface area contributed by atoms with Crippen molar-refractivity contribution in [2.24, 2.45) is 0 Å². The number of nitrogens with zero attached hydrogens (tertiary/aromatic N) is 1. The van der Waals surface area contributed by atoms with E-state index in [4.69, 9.17) is 0 Å². The molecule has 0 saturated heterocycles. The van der Waals surface area contributed by atoms with E-state index in [1.54, 1.807) is 0 Å². The number of anilines is 1. The van der Waals surface area contributed by atoms with Gasteiger partial charge in [-0.25, -0.2) is 4.98 Å². The van der Waals surface area contributed by atoms with Gasteiger partial charge >= 0.3 is 0 Å². The summed E-state index contributed by atoms with van der Waals surface area (Å²) in [6.45, 7) is 2.12. The number of rotatable bonds is 4. The Labute approximate surface area is 111 Å². The van der Waals surface area contributed by atoms with Crippen LogP contribution in [0.4, 0.5) is 10.1 Å². The van der Waals surface area contributed by atoms with Gasteiger partial charge in [0.15, 0.2) is 0 Å². The van der Waals surface area contributed by atoms with E-state index < -0.39 is 11.9 Å². The highest BCUT2D eigenvalue weighted by molar-refractivity contribution is 6.02. The van der Waals surface area contributed by atoms with Crippen molar-refractivity contribution in [1.29, 1.82) is 0 Å². The molecule has 1 aromatic heterocycles. The Morgan fingerprint density at radius 3 is 2.58 bits per heavy atom. The third-order valence-electron chi connectivity index (χ3n) is 2.70. The lowest BCUT2D eigenvalue weighted by molar-refractivity contribution is 0.102. The van der Waals surface area contributed by atoms with E-state index in [0.29, 0.717) is 5.69 Å². The first-order chi connectivity index (χ1) is 9.19. The van der Waals surface area contributed by atoms with Gasteiger partial charge in [0.1, 0.15) is 5.69 Å². The van der Waals surface area contributed by atoms with Crippen molar-refractivity contribution < 1.29 is 9.18 Å². The minimum absolute atomic E-state index is 0.0673. The maximum atomic E-state index is 12.9. The molecule has 0 atom stereocenters. The van der Waals surface area contributed by atoms with Crippen molar-refractivity contribution in [3.8, 4) is 0 Å². The van der Waals surface area contributed by atoms with Crippen LogP contribution in [-0.4, -0.2) is 10.9 Å². The van der Waals surface area contributed by atoms with Crippen LogP contribution in [0.25, 0.3) is 0 Å². The van der Waals surface area contributed by atoms with Gasteiger partial charge in [0.05, 0.1) is 0 Å². The maximum Gasteiger partial charge on any atom is 0.274 e. The van der Waals surface area contributed by atoms with Crippen LogP contribution in [0.5, 0.6) is 0 Å². The van der Waals surface area contributed by atoms with Gasteiger partial charge in [0.2, 0.25) is 5.95 Å². The minimum Gasteiger partial charge on any atom is -0.321 e. The number of aryl methyl sites for hydroxylation is 1. The molecule has 0 unspecified atom stereocenters. The molecule has 0 fully saturated rings. The fourth-order valence-electron chi connectivity index (χ4n) is 1.77. The lowest BCUT2D eigenvalue weighted by Crippen LogP contribution is -2.14. The van der Waals surface area contributed by atoms with Crippen LogP contribution >= 0.6 is 0 Å². The third kappa shape index (κ3) is 3.61. The van der Waals surface area contributed by atoms with E-state index in [2.05, 4.69) is 17.2 Å². The van der Waals surface area contributed by atoms with E-state index in [-0.39, 0.29) is 5.69 Å². The number of pyridine rings is 1. The molecule has 19 heavy (non-hydrogen) atoms. The molecule has 0 aliphatic carbocycles. The molecule has 3 nitrogen and oxygen atoms in total. The van der Waals surface area contributed by atoms with Gasteiger partial charge in [0.25, 0.3) is 5.91 Å². The monoisotopic (exact) mass is 258 g/mol. The number of aromatic nitrogens is 1. The molecule has 98 valence electrons. The van der Waals surface area contributed by atoms with Crippen LogP contribution in [0, 0.1) is 5.95 Å². The Kier molecular flexibility index (Phi) is 4.23. The van der Waals surface area contributed by atoms with Gasteiger partial charge in [-0.1, -0.05) is 31.5 Å². The highest BCUT2D eigenvalue weighted by atomic mass is 19.1. The molecule has 1 aromatic carbocycles. The second-order valence-corrected chi connectivity index (χ2v) is 4.25. The van der Waals surface area contributed by atoms with E-state index in [9.17, 15) is 9.18 Å². The summed E-state index contributed by atoms with van der Waals surface area (Å²) in [6.07, 6.45) is 2.10. The molecule has 1 N–H and O–H groups in total. The lowest BCUT2D eigenvalue weighted by Gasteiger charge is -2.05. The summed E-state index contributed by atoms with van der Waals surface area (Å²) in [5, 5.41) is 2.69. The number of hydrogen-bond donors (Lipinski definition) is 1. The first-order valence-corrected chi connectivity index (χ1v) is 6.22. The lowest BCUT2D eigenvalue weighted by atomic mass is 10.1. The molecule has 1 amide bonds. The van der Waals surface area contributed by atoms with Crippen molar-refractivity contribution in [1.82, 2.24) is 4.98 Å². The number of benzene rings is 1. The van der Waals surface area contributed by atoms with Crippen molar-refractivity contribution in [2.75, 3.05) is 5.32 Å². The zero-order valence-corrected chi connectivity index (χ0v) is 10.7. The quantitative estimate of drug-likeness (QED) is 0.854. The zero-order valence-electron chi connectivity index (χ0n) is 10.7. The number of halogens is 1. The van der Waals surface area contributed by atoms with E-state index in [1.807, 2.05) is 24.3 Å². The third-order valence-corrected chi connectivity index (χ3v) is 2.70. The standard InChI is InChI=1S/C15H15FN2O/c1-2-4-11-7-9-12(10-8-11)17-15(19)13-5-3-6-14(16)18-13/h3,5-10H,2,4H2,1H3,(H,17,19). The molecule has 0 spiro atoms. The fraction of sp³-hybridized carbons (Fsp3) is 0.200. The van der Waals surface area contributed by atoms with Crippen LogP contribution in [0.2, 0.25) is 0 Å². The van der Waals surface area contributed by atoms with Gasteiger partial charge < -0.3 is 5.32 Å². The topological polar surface area (TPSA) is 42.0 Å². The molecule has 0 radical (unpaired) electrons. The van der Waals surface area contributed by atoms with Gasteiger partial charge in [-0.05, 0) is 36.2 Å². The molecule has 0 aliphatic heterocycles. The van der Waals surface area contributed by atoms with Crippen LogP contribution in [0.1, 0.15) is 29.4 Å². The van der Waals surface area contributed by atoms with E-state index >= 15 is 0 Å². The maximum absolute atomic E-state index is 12.9. The Morgan fingerprint density at radius 2 is 1.95 bits per heavy atom. The Balaban J connectivity index is 2.06. The van der Waals surface area contributed by atoms with Crippen LogP contribution in [0.15, 0.2) is 42.5 Å². The molecule has 2 aromatic rings. The zero-order chi connectivity index (χ0) is 13.7. The van der Waals surface area contributed by atoms with Gasteiger partial charge in [0, 0.05) is 5.69 Å². The summed E-state index contributed by atoms with van der Waals surface area (Å²) in [6, 6.07) is 11.8. The summed E-state index contributed by atoms with van der Waals surface area (Å²) in [7, 11) is 0. The molecular formula is C15H15FN2O. The second-order valence-electron chi connectivity index (χ2n) is 4.25. The molecule has 2 rings (SSSR count). The predicted molar refractivity (Wildman–Crippen MR) is 72.6 cm³/mol. The highest BCUT2D eigenvalue weighted by Crippen LogP contribution is 2.12. The number of nitrogens with one attached hydrogen (secondary N) is 1. The Morgan fingerprint density at radius 1 is 1.21 bits per heavy atom. The SMILES string of the molecule is CCCc1ccc(NC(=O)c2cccc(F)n2)cc1. The number of carbonyl (C=O) groups excluding carboxylic acids is 1. The number of amides is 1. The van der Waals surface area contributed by atoms with Gasteiger partial charge in [-0.15, -0.1) is 0 Å². The Bertz CT molecular complexity index is 567. The van der Waals surface area contributed by atoms with Gasteiger partial charge in [-0.3, -0.25) is 4.79 Å². The first-order valence-electron chi connectivity index (χ1n) is 6.22. The second kappa shape index (κ2) is 6.09. The average molecular weight is 258 g/mol. The van der Waals surface area contributed by atoms with E-state index in [0.717, 1.165) is 12.8 Å². The molecule has 0 aliphatic rings. The summed E-state index contributed by atoms with van der Waals surface area (Å²) in [5.41, 5.74) is 1.97. The summed E-state index contributed by atoms with van der Waals surface area (Å²) >= 11 is 0. The largest absolute Gasteiger partial charge is 0.321 e. The van der Waals surface area contributed by atoms with Crippen LogP contribution in [-0.2, 0) is 6.42 Å². The highest BCUT2D eigenvalue weighted by Gasteiger charge is 2.08. The van der Waals surface area contributed by atoms with Crippen LogP contribution in [0.3, 0.4) is 0 Å². The first kappa shape index (κ1) is 13.2. The van der Waals surface area contributed by atoms with Crippen molar-refractivity contribution >= 4 is 11.6 Å². The van der Waals surface area contributed by atoms with E-state index in [1.165, 1.54) is 23.8 Å². The van der Waals surface area contributed by atoms with Crippen molar-refractivity contribution in [2.45, 2.75) is 19.8 Å². The molecule has 0 bridgehead atoms. The Hall–Kier alpha value is -2.23. The van der Waals surface area contributed by atoms with Crippen LogP contribution < -0.4 is 5.32 Å². The number of hydrogen-bond acceptors (Lipinski definition) is 2. The normalized spacial score (nSPS) is 10.2. The van der Waals surface area contributed by atoms with Crippen molar-refractivity contribution in [3.63, 3.8) is 0 Å². The van der Waals surface area contributed by atoms with Crippen molar-refractivity contribution in [3.05, 3.63) is 59.7 Å². The molecule has 4 heteroatoms. The smallest absolute Gasteiger partial charge is 0.274 e. The molecule has 1 heterocycles. The molecular weight excluding hydrogens is 243 g/mol. The van der Waals surface area contributed by atoms with Gasteiger partial charge in [-0.2, -0.15) is 4.39 Å². The molecule has 0 saturated carbocycles. The average Bonchev–Trinajstić information content (AvgIpc) is 2.41.